The lowest BCUT2D eigenvalue weighted by Crippen LogP contribution is -2.00. The van der Waals surface area contributed by atoms with Crippen LogP contribution in [0.15, 0.2) is 12.3 Å². The summed E-state index contributed by atoms with van der Waals surface area (Å²) in [4.78, 5) is 4.08. The normalized spacial score (nSPS) is 9.55. The van der Waals surface area contributed by atoms with Gasteiger partial charge in [-0.05, 0) is 12.5 Å². The Kier molecular flexibility index (Phi) is 2.21. The van der Waals surface area contributed by atoms with Crippen LogP contribution in [-0.4, -0.2) is 11.2 Å². The highest BCUT2D eigenvalue weighted by Crippen LogP contribution is 2.12. The molecule has 0 aliphatic heterocycles. The minimum Gasteiger partial charge on any atom is -0.397 e. The van der Waals surface area contributed by atoms with E-state index >= 15 is 0 Å². The maximum atomic E-state index is 7.02. The molecule has 0 radical (unpaired) electrons. The highest BCUT2D eigenvalue weighted by molar-refractivity contribution is 5.85. The molecule has 1 aromatic rings. The van der Waals surface area contributed by atoms with Gasteiger partial charge in [-0.25, -0.2) is 0 Å². The van der Waals surface area contributed by atoms with Gasteiger partial charge in [0.05, 0.1) is 11.4 Å². The van der Waals surface area contributed by atoms with Gasteiger partial charge >= 0.3 is 0 Å². The van der Waals surface area contributed by atoms with Crippen LogP contribution >= 0.6 is 0 Å². The van der Waals surface area contributed by atoms with E-state index in [-0.39, 0.29) is 0 Å². The number of aromatic nitrogens is 1. The molecule has 0 atom stereocenters. The molecule has 11 heavy (non-hydrogen) atoms. The van der Waals surface area contributed by atoms with Gasteiger partial charge in [0.25, 0.3) is 0 Å². The number of hydrogen-bond donors (Lipinski definition) is 2. The van der Waals surface area contributed by atoms with Gasteiger partial charge in [-0.1, -0.05) is 6.92 Å². The first-order chi connectivity index (χ1) is 5.29. The summed E-state index contributed by atoms with van der Waals surface area (Å²) in [6.45, 7) is 1.99. The Bertz CT molecular complexity index is 268. The number of nitrogens with one attached hydrogen (secondary N) is 1. The topological polar surface area (TPSA) is 62.8 Å². The van der Waals surface area contributed by atoms with Crippen molar-refractivity contribution >= 4 is 11.9 Å². The van der Waals surface area contributed by atoms with Gasteiger partial charge in [-0.2, -0.15) is 0 Å². The van der Waals surface area contributed by atoms with Crippen LogP contribution < -0.4 is 5.73 Å². The molecular formula is C8H11N3. The van der Waals surface area contributed by atoms with Crippen LogP contribution in [0, 0.1) is 5.41 Å². The second kappa shape index (κ2) is 3.14. The number of rotatable bonds is 2. The van der Waals surface area contributed by atoms with Crippen molar-refractivity contribution in [2.75, 3.05) is 5.73 Å². The second-order valence-corrected chi connectivity index (χ2v) is 2.26. The lowest BCUT2D eigenvalue weighted by Gasteiger charge is -2.02. The molecule has 0 amide bonds. The van der Waals surface area contributed by atoms with Gasteiger partial charge in [0, 0.05) is 18.0 Å². The average molecular weight is 149 g/mol. The van der Waals surface area contributed by atoms with E-state index < -0.39 is 0 Å². The van der Waals surface area contributed by atoms with Crippen LogP contribution in [0.4, 0.5) is 5.69 Å². The third-order valence-electron chi connectivity index (χ3n) is 1.60. The molecule has 0 spiro atoms. The highest BCUT2D eigenvalue weighted by atomic mass is 14.7. The molecule has 0 bridgehead atoms. The largest absolute Gasteiger partial charge is 0.397 e. The van der Waals surface area contributed by atoms with Crippen molar-refractivity contribution < 1.29 is 0 Å². The van der Waals surface area contributed by atoms with Crippen LogP contribution in [0.25, 0.3) is 0 Å². The Labute approximate surface area is 65.8 Å². The molecule has 0 aliphatic carbocycles. The van der Waals surface area contributed by atoms with E-state index in [9.17, 15) is 0 Å². The summed E-state index contributed by atoms with van der Waals surface area (Å²) in [5, 5.41) is 7.02. The lowest BCUT2D eigenvalue weighted by atomic mass is 10.1. The van der Waals surface area contributed by atoms with Crippen molar-refractivity contribution in [3.63, 3.8) is 0 Å². The molecule has 58 valence electrons. The lowest BCUT2D eigenvalue weighted by molar-refractivity contribution is 1.04. The van der Waals surface area contributed by atoms with E-state index in [0.29, 0.717) is 5.69 Å². The first-order valence-corrected chi connectivity index (χ1v) is 3.53. The average Bonchev–Trinajstić information content (AvgIpc) is 2.05. The third-order valence-corrected chi connectivity index (χ3v) is 1.60. The van der Waals surface area contributed by atoms with Crippen molar-refractivity contribution in [3.05, 3.63) is 23.5 Å². The number of nitrogens with zero attached hydrogens (tertiary/aromatic N) is 1. The molecule has 3 N–H and O–H groups in total. The number of anilines is 1. The van der Waals surface area contributed by atoms with E-state index in [1.807, 2.05) is 6.92 Å². The summed E-state index contributed by atoms with van der Waals surface area (Å²) in [5.74, 6) is 0. The molecule has 0 aliphatic rings. The first-order valence-electron chi connectivity index (χ1n) is 3.53. The quantitative estimate of drug-likeness (QED) is 0.621. The molecule has 1 heterocycles. The van der Waals surface area contributed by atoms with E-state index in [0.717, 1.165) is 17.7 Å². The fourth-order valence-electron chi connectivity index (χ4n) is 0.941. The SMILES string of the molecule is CCc1nccc(C=N)c1N. The van der Waals surface area contributed by atoms with Crippen molar-refractivity contribution in [2.24, 2.45) is 0 Å². The van der Waals surface area contributed by atoms with Gasteiger partial charge in [0.15, 0.2) is 0 Å². The molecule has 1 aromatic heterocycles. The zero-order valence-corrected chi connectivity index (χ0v) is 6.46. The van der Waals surface area contributed by atoms with Gasteiger partial charge in [-0.3, -0.25) is 4.98 Å². The standard InChI is InChI=1S/C8H11N3/c1-2-7-8(10)6(5-9)3-4-11-7/h3-5,9H,2,10H2,1H3. The van der Waals surface area contributed by atoms with Crippen LogP contribution in [-0.2, 0) is 6.42 Å². The summed E-state index contributed by atoms with van der Waals surface area (Å²) in [7, 11) is 0. The Morgan fingerprint density at radius 3 is 3.00 bits per heavy atom. The first kappa shape index (κ1) is 7.72. The smallest absolute Gasteiger partial charge is 0.0636 e. The summed E-state index contributed by atoms with van der Waals surface area (Å²) in [6, 6.07) is 1.74. The molecule has 0 fully saturated rings. The number of nitrogen functional groups attached to an aromatic ring is 1. The Balaban J connectivity index is 3.20. The molecule has 0 saturated heterocycles. The summed E-state index contributed by atoms with van der Waals surface area (Å²) >= 11 is 0. The maximum absolute atomic E-state index is 7.02. The second-order valence-electron chi connectivity index (χ2n) is 2.26. The zero-order valence-electron chi connectivity index (χ0n) is 6.46. The molecule has 3 nitrogen and oxygen atoms in total. The minimum atomic E-state index is 0.630. The number of aryl methyl sites for hydroxylation is 1. The van der Waals surface area contributed by atoms with Crippen LogP contribution in [0.1, 0.15) is 18.2 Å². The van der Waals surface area contributed by atoms with Gasteiger partial charge in [0.1, 0.15) is 0 Å². The van der Waals surface area contributed by atoms with Crippen molar-refractivity contribution in [1.82, 2.24) is 4.98 Å². The maximum Gasteiger partial charge on any atom is 0.0636 e. The molecule has 0 aromatic carbocycles. The number of pyridine rings is 1. The van der Waals surface area contributed by atoms with Crippen molar-refractivity contribution in [2.45, 2.75) is 13.3 Å². The fraction of sp³-hybridized carbons (Fsp3) is 0.250. The number of hydrogen-bond acceptors (Lipinski definition) is 3. The Morgan fingerprint density at radius 1 is 1.73 bits per heavy atom. The van der Waals surface area contributed by atoms with E-state index in [4.69, 9.17) is 11.1 Å². The van der Waals surface area contributed by atoms with Crippen LogP contribution in [0.3, 0.4) is 0 Å². The Hall–Kier alpha value is -1.38. The van der Waals surface area contributed by atoms with E-state index in [1.165, 1.54) is 6.21 Å². The fourth-order valence-corrected chi connectivity index (χ4v) is 0.941. The Morgan fingerprint density at radius 2 is 2.45 bits per heavy atom. The van der Waals surface area contributed by atoms with Gasteiger partial charge < -0.3 is 11.1 Å². The van der Waals surface area contributed by atoms with Crippen LogP contribution in [0.5, 0.6) is 0 Å². The van der Waals surface area contributed by atoms with Crippen molar-refractivity contribution in [1.29, 1.82) is 5.41 Å². The monoisotopic (exact) mass is 149 g/mol. The number of nitrogens with two attached hydrogens (primary N) is 1. The van der Waals surface area contributed by atoms with Gasteiger partial charge in [0.2, 0.25) is 0 Å². The molecule has 0 saturated carbocycles. The molecule has 1 rings (SSSR count). The third kappa shape index (κ3) is 1.37. The molecule has 3 heteroatoms. The van der Waals surface area contributed by atoms with E-state index in [2.05, 4.69) is 4.98 Å². The summed E-state index contributed by atoms with van der Waals surface area (Å²) in [5.41, 5.74) is 7.93. The predicted octanol–water partition coefficient (Wildman–Crippen LogP) is 1.22. The van der Waals surface area contributed by atoms with Gasteiger partial charge in [-0.15, -0.1) is 0 Å². The molecule has 0 unspecified atom stereocenters. The van der Waals surface area contributed by atoms with Crippen LogP contribution in [0.2, 0.25) is 0 Å². The summed E-state index contributed by atoms with van der Waals surface area (Å²) in [6.07, 6.45) is 3.74. The molecular weight excluding hydrogens is 138 g/mol. The van der Waals surface area contributed by atoms with Crippen molar-refractivity contribution in [3.8, 4) is 0 Å². The predicted molar refractivity (Wildman–Crippen MR) is 45.9 cm³/mol. The minimum absolute atomic E-state index is 0.630. The summed E-state index contributed by atoms with van der Waals surface area (Å²) < 4.78 is 0. The van der Waals surface area contributed by atoms with E-state index in [1.54, 1.807) is 12.3 Å². The zero-order chi connectivity index (χ0) is 8.27. The highest BCUT2D eigenvalue weighted by Gasteiger charge is 2.00.